The maximum absolute atomic E-state index is 13.8. The van der Waals surface area contributed by atoms with Crippen molar-refractivity contribution < 1.29 is 14.0 Å². The second-order valence-electron chi connectivity index (χ2n) is 8.69. The first-order valence-electron chi connectivity index (χ1n) is 11.6. The number of halogens is 1. The number of nitrogens with one attached hydrogen (secondary N) is 2. The van der Waals surface area contributed by atoms with Crippen LogP contribution in [0, 0.1) is 18.7 Å². The Morgan fingerprint density at radius 3 is 2.50 bits per heavy atom. The van der Waals surface area contributed by atoms with Crippen LogP contribution in [0.1, 0.15) is 49.7 Å². The van der Waals surface area contributed by atoms with Gasteiger partial charge in [0.1, 0.15) is 5.82 Å². The van der Waals surface area contributed by atoms with Crippen LogP contribution in [0.5, 0.6) is 0 Å². The van der Waals surface area contributed by atoms with E-state index in [9.17, 15) is 14.0 Å². The van der Waals surface area contributed by atoms with E-state index in [1.54, 1.807) is 0 Å². The molecule has 0 radical (unpaired) electrons. The standard InChI is InChI=1S/C19H26FN3O2.C7H8/c1-2-16(17-9-14(20)3-6-18(17)22-12-24)19(25)23(15-4-5-15)11-13-7-8-21-10-13;1-7-5-3-2-4-6-7/h3,6,9,12-13,15-16,21H,2,4-5,7-8,10-11H2,1H3,(H,22,24);2-6H,1H3. The van der Waals surface area contributed by atoms with Crippen LogP contribution in [-0.4, -0.2) is 42.9 Å². The van der Waals surface area contributed by atoms with Gasteiger partial charge in [-0.05, 0) is 75.4 Å². The fourth-order valence-electron chi connectivity index (χ4n) is 4.23. The van der Waals surface area contributed by atoms with Crippen LogP contribution in [0.15, 0.2) is 48.5 Å². The van der Waals surface area contributed by atoms with E-state index >= 15 is 0 Å². The number of nitrogens with zero attached hydrogens (tertiary/aromatic N) is 1. The Labute approximate surface area is 190 Å². The van der Waals surface area contributed by atoms with E-state index in [0.717, 1.165) is 38.9 Å². The second-order valence-corrected chi connectivity index (χ2v) is 8.69. The van der Waals surface area contributed by atoms with Gasteiger partial charge >= 0.3 is 0 Å². The number of carbonyl (C=O) groups is 2. The number of benzene rings is 2. The van der Waals surface area contributed by atoms with Crippen LogP contribution in [0.25, 0.3) is 0 Å². The third-order valence-electron chi connectivity index (χ3n) is 6.14. The second kappa shape index (κ2) is 11.8. The summed E-state index contributed by atoms with van der Waals surface area (Å²) < 4.78 is 13.8. The molecule has 1 saturated heterocycles. The smallest absolute Gasteiger partial charge is 0.230 e. The molecule has 2 aliphatic rings. The molecule has 2 amide bonds. The number of hydrogen-bond acceptors (Lipinski definition) is 3. The van der Waals surface area contributed by atoms with Gasteiger partial charge in [-0.25, -0.2) is 4.39 Å². The molecule has 5 nitrogen and oxygen atoms in total. The Morgan fingerprint density at radius 2 is 1.97 bits per heavy atom. The molecule has 6 heteroatoms. The van der Waals surface area contributed by atoms with Gasteiger partial charge < -0.3 is 15.5 Å². The SMILES string of the molecule is CCC(C(=O)N(CC1CCNC1)C1CC1)c1cc(F)ccc1NC=O.Cc1ccccc1. The minimum Gasteiger partial charge on any atom is -0.339 e. The number of rotatable bonds is 8. The average molecular weight is 440 g/mol. The van der Waals surface area contributed by atoms with E-state index in [4.69, 9.17) is 0 Å². The van der Waals surface area contributed by atoms with Gasteiger partial charge in [-0.1, -0.05) is 42.8 Å². The van der Waals surface area contributed by atoms with Gasteiger partial charge in [-0.2, -0.15) is 0 Å². The number of carbonyl (C=O) groups excluding carboxylic acids is 2. The summed E-state index contributed by atoms with van der Waals surface area (Å²) in [6.45, 7) is 6.73. The summed E-state index contributed by atoms with van der Waals surface area (Å²) in [7, 11) is 0. The third-order valence-corrected chi connectivity index (χ3v) is 6.14. The van der Waals surface area contributed by atoms with Crippen LogP contribution in [-0.2, 0) is 9.59 Å². The third kappa shape index (κ3) is 6.63. The molecule has 2 aromatic carbocycles. The molecule has 1 aliphatic carbocycles. The Kier molecular flexibility index (Phi) is 8.80. The molecule has 2 fully saturated rings. The lowest BCUT2D eigenvalue weighted by atomic mass is 9.92. The fraction of sp³-hybridized carbons (Fsp3) is 0.462. The predicted octanol–water partition coefficient (Wildman–Crippen LogP) is 4.48. The number of aryl methyl sites for hydroxylation is 1. The first-order valence-corrected chi connectivity index (χ1v) is 11.6. The maximum Gasteiger partial charge on any atom is 0.230 e. The van der Waals surface area contributed by atoms with Crippen LogP contribution >= 0.6 is 0 Å². The summed E-state index contributed by atoms with van der Waals surface area (Å²) in [4.78, 5) is 26.1. The molecular formula is C26H34FN3O2. The lowest BCUT2D eigenvalue weighted by Crippen LogP contribution is -2.40. The highest BCUT2D eigenvalue weighted by atomic mass is 19.1. The normalized spacial score (nSPS) is 18.3. The topological polar surface area (TPSA) is 61.4 Å². The zero-order valence-electron chi connectivity index (χ0n) is 19.0. The number of amides is 2. The molecule has 0 bridgehead atoms. The monoisotopic (exact) mass is 439 g/mol. The van der Waals surface area contributed by atoms with Gasteiger partial charge in [0.05, 0.1) is 5.92 Å². The van der Waals surface area contributed by atoms with Crippen molar-refractivity contribution >= 4 is 18.0 Å². The van der Waals surface area contributed by atoms with E-state index in [1.807, 2.05) is 30.0 Å². The zero-order chi connectivity index (χ0) is 22.9. The maximum atomic E-state index is 13.8. The van der Waals surface area contributed by atoms with Crippen molar-refractivity contribution in [1.29, 1.82) is 0 Å². The Balaban J connectivity index is 0.000000352. The zero-order valence-corrected chi connectivity index (χ0v) is 19.0. The van der Waals surface area contributed by atoms with Crippen molar-refractivity contribution in [3.8, 4) is 0 Å². The average Bonchev–Trinajstić information content (AvgIpc) is 3.50. The molecule has 2 N–H and O–H groups in total. The first kappa shape index (κ1) is 23.9. The van der Waals surface area contributed by atoms with Crippen LogP contribution in [0.4, 0.5) is 10.1 Å². The van der Waals surface area contributed by atoms with E-state index in [-0.39, 0.29) is 5.91 Å². The Morgan fingerprint density at radius 1 is 1.22 bits per heavy atom. The molecule has 32 heavy (non-hydrogen) atoms. The van der Waals surface area contributed by atoms with E-state index in [2.05, 4.69) is 29.7 Å². The van der Waals surface area contributed by atoms with Crippen LogP contribution < -0.4 is 10.6 Å². The largest absolute Gasteiger partial charge is 0.339 e. The van der Waals surface area contributed by atoms with Crippen molar-refractivity contribution in [1.82, 2.24) is 10.2 Å². The summed E-state index contributed by atoms with van der Waals surface area (Å²) in [6, 6.07) is 14.8. The van der Waals surface area contributed by atoms with Gasteiger partial charge in [0.15, 0.2) is 0 Å². The summed E-state index contributed by atoms with van der Waals surface area (Å²) >= 11 is 0. The van der Waals surface area contributed by atoms with Crippen molar-refractivity contribution in [3.05, 3.63) is 65.5 Å². The molecule has 0 spiro atoms. The van der Waals surface area contributed by atoms with Gasteiger partial charge in [-0.3, -0.25) is 9.59 Å². The van der Waals surface area contributed by atoms with Crippen LogP contribution in [0.2, 0.25) is 0 Å². The molecular weight excluding hydrogens is 405 g/mol. The molecule has 1 heterocycles. The lowest BCUT2D eigenvalue weighted by molar-refractivity contribution is -0.134. The lowest BCUT2D eigenvalue weighted by Gasteiger charge is -2.30. The Hall–Kier alpha value is -2.73. The highest BCUT2D eigenvalue weighted by Gasteiger charge is 2.38. The molecule has 0 aromatic heterocycles. The van der Waals surface area contributed by atoms with Crippen molar-refractivity contribution in [2.75, 3.05) is 25.0 Å². The van der Waals surface area contributed by atoms with Gasteiger partial charge in [0.25, 0.3) is 0 Å². The van der Waals surface area contributed by atoms with Gasteiger partial charge in [0, 0.05) is 18.3 Å². The molecule has 2 atom stereocenters. The molecule has 2 aromatic rings. The molecule has 4 rings (SSSR count). The molecule has 1 aliphatic heterocycles. The minimum absolute atomic E-state index is 0.0523. The summed E-state index contributed by atoms with van der Waals surface area (Å²) in [5, 5.41) is 5.95. The van der Waals surface area contributed by atoms with Crippen molar-refractivity contribution in [2.24, 2.45) is 5.92 Å². The molecule has 172 valence electrons. The fourth-order valence-corrected chi connectivity index (χ4v) is 4.23. The van der Waals surface area contributed by atoms with E-state index < -0.39 is 11.7 Å². The highest BCUT2D eigenvalue weighted by molar-refractivity contribution is 5.87. The van der Waals surface area contributed by atoms with E-state index in [1.165, 1.54) is 23.8 Å². The van der Waals surface area contributed by atoms with E-state index in [0.29, 0.717) is 36.0 Å². The molecule has 1 saturated carbocycles. The molecule has 2 unspecified atom stereocenters. The van der Waals surface area contributed by atoms with Crippen LogP contribution in [0.3, 0.4) is 0 Å². The summed E-state index contributed by atoms with van der Waals surface area (Å²) in [5.41, 5.74) is 2.40. The first-order chi connectivity index (χ1) is 15.5. The predicted molar refractivity (Wildman–Crippen MR) is 126 cm³/mol. The van der Waals surface area contributed by atoms with Gasteiger partial charge in [-0.15, -0.1) is 0 Å². The summed E-state index contributed by atoms with van der Waals surface area (Å²) in [5.74, 6) is -0.289. The van der Waals surface area contributed by atoms with Crippen molar-refractivity contribution in [3.63, 3.8) is 0 Å². The minimum atomic E-state index is -0.437. The van der Waals surface area contributed by atoms with Crippen molar-refractivity contribution in [2.45, 2.75) is 51.5 Å². The number of hydrogen-bond donors (Lipinski definition) is 2. The quantitative estimate of drug-likeness (QED) is 0.596. The summed E-state index contributed by atoms with van der Waals surface area (Å²) in [6.07, 6.45) is 4.32. The van der Waals surface area contributed by atoms with Gasteiger partial charge in [0.2, 0.25) is 12.3 Å². The highest BCUT2D eigenvalue weighted by Crippen LogP contribution is 2.35. The number of anilines is 1. The Bertz CT molecular complexity index is 880.